The number of carbonyl (C=O) groups excluding carboxylic acids is 4. The average molecular weight is 322 g/mol. The minimum atomic E-state index is -0.564. The largest absolute Gasteiger partial charge is 0.456 e. The summed E-state index contributed by atoms with van der Waals surface area (Å²) >= 11 is 0. The second-order valence-corrected chi connectivity index (χ2v) is 6.58. The minimum absolute atomic E-state index is 0.0493. The van der Waals surface area contributed by atoms with Crippen molar-refractivity contribution in [3.05, 3.63) is 0 Å². The van der Waals surface area contributed by atoms with E-state index in [1.54, 1.807) is 0 Å². The van der Waals surface area contributed by atoms with Crippen LogP contribution in [0.15, 0.2) is 0 Å². The van der Waals surface area contributed by atoms with Gasteiger partial charge in [-0.3, -0.25) is 24.1 Å². The highest BCUT2D eigenvalue weighted by molar-refractivity contribution is 6.05. The summed E-state index contributed by atoms with van der Waals surface area (Å²) in [5.74, 6) is -1.57. The predicted octanol–water partition coefficient (Wildman–Crippen LogP) is 0.374. The molecule has 126 valence electrons. The number of amides is 3. The fraction of sp³-hybridized carbons (Fsp3) is 0.750. The van der Waals surface area contributed by atoms with Crippen LogP contribution in [-0.2, 0) is 23.9 Å². The molecule has 3 amide bonds. The van der Waals surface area contributed by atoms with E-state index in [2.05, 4.69) is 5.32 Å². The fourth-order valence-electron chi connectivity index (χ4n) is 3.37. The second-order valence-electron chi connectivity index (χ2n) is 6.58. The van der Waals surface area contributed by atoms with E-state index in [9.17, 15) is 19.2 Å². The number of hydrogen-bond acceptors (Lipinski definition) is 5. The Hall–Kier alpha value is -1.92. The van der Waals surface area contributed by atoms with Gasteiger partial charge in [-0.25, -0.2) is 0 Å². The first-order chi connectivity index (χ1) is 11.1. The van der Waals surface area contributed by atoms with Gasteiger partial charge in [-0.1, -0.05) is 12.8 Å². The Morgan fingerprint density at radius 2 is 1.65 bits per heavy atom. The summed E-state index contributed by atoms with van der Waals surface area (Å²) in [7, 11) is 0. The van der Waals surface area contributed by atoms with E-state index >= 15 is 0 Å². The first-order valence-corrected chi connectivity index (χ1v) is 8.36. The number of likely N-dealkylation sites (tertiary alicyclic amines) is 1. The van der Waals surface area contributed by atoms with Crippen LogP contribution >= 0.6 is 0 Å². The molecule has 0 aromatic heterocycles. The lowest BCUT2D eigenvalue weighted by Crippen LogP contribution is -2.34. The number of ether oxygens (including phenoxy) is 1. The number of hydrogen-bond donors (Lipinski definition) is 1. The van der Waals surface area contributed by atoms with Crippen molar-refractivity contribution < 1.29 is 23.9 Å². The Labute approximate surface area is 134 Å². The summed E-state index contributed by atoms with van der Waals surface area (Å²) in [5, 5.41) is 2.72. The average Bonchev–Trinajstić information content (AvgIpc) is 3.32. The number of fused-ring (bicyclic) bond motifs is 1. The zero-order valence-electron chi connectivity index (χ0n) is 13.1. The highest BCUT2D eigenvalue weighted by atomic mass is 16.5. The van der Waals surface area contributed by atoms with E-state index in [4.69, 9.17) is 4.74 Å². The molecule has 23 heavy (non-hydrogen) atoms. The molecule has 0 aromatic carbocycles. The predicted molar refractivity (Wildman–Crippen MR) is 78.9 cm³/mol. The Balaban J connectivity index is 1.42. The molecule has 1 N–H and O–H groups in total. The first kappa shape index (κ1) is 16.0. The zero-order chi connectivity index (χ0) is 16.4. The molecule has 0 bridgehead atoms. The van der Waals surface area contributed by atoms with E-state index in [-0.39, 0.29) is 55.2 Å². The van der Waals surface area contributed by atoms with Gasteiger partial charge in [0.15, 0.2) is 6.61 Å². The Kier molecular flexibility index (Phi) is 4.63. The molecule has 1 aliphatic heterocycles. The number of esters is 1. The third-order valence-corrected chi connectivity index (χ3v) is 4.78. The maximum Gasteiger partial charge on any atom is 0.308 e. The standard InChI is InChI=1S/C16H22N2O5/c19-13(17-10-5-6-10)9-23-14(20)7-8-18-15(21)11-3-1-2-4-12(11)16(18)22/h10-12H,1-9H2,(H,17,19)/t11-,12-/m1/s1. The topological polar surface area (TPSA) is 92.8 Å². The van der Waals surface area contributed by atoms with Crippen molar-refractivity contribution >= 4 is 23.7 Å². The molecule has 0 radical (unpaired) electrons. The van der Waals surface area contributed by atoms with Crippen LogP contribution in [0.1, 0.15) is 44.9 Å². The van der Waals surface area contributed by atoms with Crippen molar-refractivity contribution in [1.29, 1.82) is 0 Å². The lowest BCUT2D eigenvalue weighted by Gasteiger charge is -2.19. The van der Waals surface area contributed by atoms with Gasteiger partial charge < -0.3 is 10.1 Å². The first-order valence-electron chi connectivity index (χ1n) is 8.36. The van der Waals surface area contributed by atoms with Crippen LogP contribution in [0.25, 0.3) is 0 Å². The van der Waals surface area contributed by atoms with Gasteiger partial charge in [0.1, 0.15) is 0 Å². The van der Waals surface area contributed by atoms with Crippen LogP contribution in [0, 0.1) is 11.8 Å². The van der Waals surface area contributed by atoms with Crippen molar-refractivity contribution in [2.45, 2.75) is 51.0 Å². The molecule has 3 fully saturated rings. The van der Waals surface area contributed by atoms with E-state index in [0.29, 0.717) is 0 Å². The lowest BCUT2D eigenvalue weighted by atomic mass is 9.81. The zero-order valence-corrected chi connectivity index (χ0v) is 13.1. The van der Waals surface area contributed by atoms with Crippen LogP contribution in [0.5, 0.6) is 0 Å². The smallest absolute Gasteiger partial charge is 0.308 e. The summed E-state index contributed by atoms with van der Waals surface area (Å²) in [5.41, 5.74) is 0. The van der Waals surface area contributed by atoms with Crippen LogP contribution in [0.3, 0.4) is 0 Å². The molecule has 3 rings (SSSR count). The Morgan fingerprint density at radius 3 is 2.22 bits per heavy atom. The normalized spacial score (nSPS) is 26.9. The van der Waals surface area contributed by atoms with E-state index < -0.39 is 5.97 Å². The third kappa shape index (κ3) is 3.71. The minimum Gasteiger partial charge on any atom is -0.456 e. The molecule has 0 spiro atoms. The lowest BCUT2D eigenvalue weighted by molar-refractivity contribution is -0.150. The van der Waals surface area contributed by atoms with Crippen molar-refractivity contribution in [1.82, 2.24) is 10.2 Å². The van der Waals surface area contributed by atoms with Crippen molar-refractivity contribution in [3.63, 3.8) is 0 Å². The molecule has 0 unspecified atom stereocenters. The van der Waals surface area contributed by atoms with Crippen LogP contribution in [0.4, 0.5) is 0 Å². The van der Waals surface area contributed by atoms with Crippen LogP contribution < -0.4 is 5.32 Å². The van der Waals surface area contributed by atoms with Crippen molar-refractivity contribution in [3.8, 4) is 0 Å². The molecule has 1 saturated heterocycles. The van der Waals surface area contributed by atoms with Crippen LogP contribution in [-0.4, -0.2) is 47.8 Å². The molecule has 2 aliphatic carbocycles. The summed E-state index contributed by atoms with van der Waals surface area (Å²) < 4.78 is 4.88. The molecule has 1 heterocycles. The van der Waals surface area contributed by atoms with E-state index in [0.717, 1.165) is 38.5 Å². The van der Waals surface area contributed by atoms with Gasteiger partial charge in [0, 0.05) is 12.6 Å². The van der Waals surface area contributed by atoms with E-state index in [1.165, 1.54) is 4.90 Å². The summed E-state index contributed by atoms with van der Waals surface area (Å²) in [4.78, 5) is 48.8. The quantitative estimate of drug-likeness (QED) is 0.563. The summed E-state index contributed by atoms with van der Waals surface area (Å²) in [6.45, 7) is -0.254. The molecule has 2 saturated carbocycles. The molecule has 7 heteroatoms. The maximum absolute atomic E-state index is 12.2. The SMILES string of the molecule is O=C(COC(=O)CCN1C(=O)[C@@H]2CCCC[C@H]2C1=O)NC1CC1. The molecule has 3 aliphatic rings. The Bertz CT molecular complexity index is 505. The molecule has 0 aromatic rings. The van der Waals surface area contributed by atoms with Crippen LogP contribution in [0.2, 0.25) is 0 Å². The molecular formula is C16H22N2O5. The van der Waals surface area contributed by atoms with Gasteiger partial charge in [0.05, 0.1) is 18.3 Å². The molecule has 7 nitrogen and oxygen atoms in total. The van der Waals surface area contributed by atoms with Crippen molar-refractivity contribution in [2.75, 3.05) is 13.2 Å². The van der Waals surface area contributed by atoms with Gasteiger partial charge in [-0.2, -0.15) is 0 Å². The number of imide groups is 1. The Morgan fingerprint density at radius 1 is 1.04 bits per heavy atom. The second kappa shape index (κ2) is 6.68. The van der Waals surface area contributed by atoms with Gasteiger partial charge in [0.25, 0.3) is 5.91 Å². The third-order valence-electron chi connectivity index (χ3n) is 4.78. The van der Waals surface area contributed by atoms with Crippen molar-refractivity contribution in [2.24, 2.45) is 11.8 Å². The van der Waals surface area contributed by atoms with Gasteiger partial charge in [0.2, 0.25) is 11.8 Å². The monoisotopic (exact) mass is 322 g/mol. The van der Waals surface area contributed by atoms with Gasteiger partial charge in [-0.15, -0.1) is 0 Å². The maximum atomic E-state index is 12.2. The summed E-state index contributed by atoms with van der Waals surface area (Å²) in [6, 6.07) is 0.226. The van der Waals surface area contributed by atoms with E-state index in [1.807, 2.05) is 0 Å². The number of rotatable bonds is 6. The number of nitrogens with one attached hydrogen (secondary N) is 1. The van der Waals surface area contributed by atoms with Gasteiger partial charge >= 0.3 is 5.97 Å². The molecule has 2 atom stereocenters. The highest BCUT2D eigenvalue weighted by Crippen LogP contribution is 2.37. The number of nitrogens with zero attached hydrogens (tertiary/aromatic N) is 1. The van der Waals surface area contributed by atoms with Gasteiger partial charge in [-0.05, 0) is 25.7 Å². The highest BCUT2D eigenvalue weighted by Gasteiger charge is 2.47. The fourth-order valence-corrected chi connectivity index (χ4v) is 3.37. The number of carbonyl (C=O) groups is 4. The molecular weight excluding hydrogens is 300 g/mol. The summed E-state index contributed by atoms with van der Waals surface area (Å²) in [6.07, 6.45) is 5.36.